The number of hydrogen-bond donors (Lipinski definition) is 0. The van der Waals surface area contributed by atoms with E-state index in [-0.39, 0.29) is 31.1 Å². The molecule has 6 heteroatoms. The van der Waals surface area contributed by atoms with Crippen LogP contribution in [0.25, 0.3) is 0 Å². The molecule has 78 heavy (non-hydrogen) atoms. The molecule has 0 amide bonds. The van der Waals surface area contributed by atoms with Crippen molar-refractivity contribution in [3.05, 3.63) is 36.5 Å². The van der Waals surface area contributed by atoms with Crippen LogP contribution in [0.15, 0.2) is 36.5 Å². The molecule has 0 aromatic heterocycles. The topological polar surface area (TPSA) is 78.9 Å². The number of allylic oxidation sites excluding steroid dienone is 6. The molecule has 1 atom stereocenters. The Morgan fingerprint density at radius 2 is 0.462 bits per heavy atom. The molecule has 0 aliphatic heterocycles. The summed E-state index contributed by atoms with van der Waals surface area (Å²) in [5, 5.41) is 0. The van der Waals surface area contributed by atoms with E-state index in [2.05, 4.69) is 57.2 Å². The second kappa shape index (κ2) is 67.1. The van der Waals surface area contributed by atoms with Gasteiger partial charge in [-0.25, -0.2) is 0 Å². The molecule has 0 aliphatic rings. The number of hydrogen-bond acceptors (Lipinski definition) is 6. The van der Waals surface area contributed by atoms with Gasteiger partial charge >= 0.3 is 17.9 Å². The van der Waals surface area contributed by atoms with E-state index in [0.29, 0.717) is 19.3 Å². The lowest BCUT2D eigenvalue weighted by atomic mass is 10.0. The Hall–Kier alpha value is -2.37. The molecule has 0 saturated carbocycles. The average Bonchev–Trinajstić information content (AvgIpc) is 3.44. The number of unbranched alkanes of at least 4 members (excludes halogenated alkanes) is 48. The van der Waals surface area contributed by atoms with Crippen molar-refractivity contribution in [1.29, 1.82) is 0 Å². The first-order chi connectivity index (χ1) is 38.5. The number of ether oxygens (including phenoxy) is 3. The van der Waals surface area contributed by atoms with E-state index in [1.165, 1.54) is 283 Å². The summed E-state index contributed by atoms with van der Waals surface area (Å²) in [7, 11) is 0. The summed E-state index contributed by atoms with van der Waals surface area (Å²) in [5.41, 5.74) is 0. The van der Waals surface area contributed by atoms with Crippen molar-refractivity contribution in [2.45, 2.75) is 393 Å². The molecular formula is C72H134O6. The van der Waals surface area contributed by atoms with E-state index in [1.54, 1.807) is 0 Å². The predicted octanol–water partition coefficient (Wildman–Crippen LogP) is 23.9. The van der Waals surface area contributed by atoms with Crippen LogP contribution in [0.5, 0.6) is 0 Å². The van der Waals surface area contributed by atoms with Crippen molar-refractivity contribution >= 4 is 17.9 Å². The van der Waals surface area contributed by atoms with Gasteiger partial charge in [0.1, 0.15) is 13.2 Å². The fourth-order valence-corrected chi connectivity index (χ4v) is 10.6. The Labute approximate surface area is 486 Å². The molecule has 0 fully saturated rings. The van der Waals surface area contributed by atoms with Crippen LogP contribution in [-0.2, 0) is 28.6 Å². The van der Waals surface area contributed by atoms with Crippen LogP contribution in [-0.4, -0.2) is 37.2 Å². The van der Waals surface area contributed by atoms with Crippen LogP contribution < -0.4 is 0 Å². The first-order valence-corrected chi connectivity index (χ1v) is 35.0. The van der Waals surface area contributed by atoms with Crippen molar-refractivity contribution in [1.82, 2.24) is 0 Å². The molecular weight excluding hydrogens is 961 g/mol. The standard InChI is InChI=1S/C72H134O6/c1-4-7-10-13-16-19-22-25-28-30-32-34-35-36-37-39-40-42-44-47-50-53-56-59-62-65-71(74)77-68-69(67-76-70(73)64-61-58-55-52-49-46-27-24-21-18-15-12-9-6-3)78-72(75)66-63-60-57-54-51-48-45-43-41-38-33-31-29-26-23-20-17-14-11-8-5-2/h22,25,30-33,69H,4-21,23-24,26-29,34-68H2,1-3H3/b25-22-,32-30-,33-31-. The molecule has 0 radical (unpaired) electrons. The van der Waals surface area contributed by atoms with E-state index in [4.69, 9.17) is 14.2 Å². The third-order valence-electron chi connectivity index (χ3n) is 15.9. The van der Waals surface area contributed by atoms with E-state index >= 15 is 0 Å². The van der Waals surface area contributed by atoms with E-state index in [0.717, 1.165) is 64.2 Å². The fourth-order valence-electron chi connectivity index (χ4n) is 10.6. The predicted molar refractivity (Wildman–Crippen MR) is 339 cm³/mol. The van der Waals surface area contributed by atoms with Crippen LogP contribution in [0.3, 0.4) is 0 Å². The molecule has 0 N–H and O–H groups in total. The van der Waals surface area contributed by atoms with Gasteiger partial charge in [-0.15, -0.1) is 0 Å². The lowest BCUT2D eigenvalue weighted by Crippen LogP contribution is -2.30. The Bertz CT molecular complexity index is 1300. The SMILES string of the molecule is CCCCCCC/C=C\C/C=C\CCCCCCCCCCCCCCCC(=O)OCC(COC(=O)CCCCCCCCCCCCCCCC)OC(=O)CCCCCCCCCCC/C=C\CCCCCCCCCC. The minimum Gasteiger partial charge on any atom is -0.462 e. The molecule has 0 spiro atoms. The van der Waals surface area contributed by atoms with Crippen molar-refractivity contribution < 1.29 is 28.6 Å². The number of rotatable bonds is 65. The molecule has 458 valence electrons. The van der Waals surface area contributed by atoms with Gasteiger partial charge < -0.3 is 14.2 Å². The first kappa shape index (κ1) is 75.6. The molecule has 0 aromatic rings. The van der Waals surface area contributed by atoms with Crippen LogP contribution in [0.2, 0.25) is 0 Å². The van der Waals surface area contributed by atoms with Gasteiger partial charge in [0.15, 0.2) is 6.10 Å². The summed E-state index contributed by atoms with van der Waals surface area (Å²) in [5.74, 6) is -0.842. The molecule has 6 nitrogen and oxygen atoms in total. The van der Waals surface area contributed by atoms with Gasteiger partial charge in [-0.1, -0.05) is 327 Å². The summed E-state index contributed by atoms with van der Waals surface area (Å²) in [6.07, 6.45) is 83.1. The summed E-state index contributed by atoms with van der Waals surface area (Å²) in [6.45, 7) is 6.70. The molecule has 0 aliphatic carbocycles. The van der Waals surface area contributed by atoms with Crippen LogP contribution in [0, 0.1) is 0 Å². The second-order valence-corrected chi connectivity index (χ2v) is 23.8. The zero-order valence-corrected chi connectivity index (χ0v) is 52.7. The van der Waals surface area contributed by atoms with Crippen molar-refractivity contribution in [2.24, 2.45) is 0 Å². The van der Waals surface area contributed by atoms with Crippen LogP contribution in [0.4, 0.5) is 0 Å². The Morgan fingerprint density at radius 3 is 0.718 bits per heavy atom. The maximum absolute atomic E-state index is 12.9. The molecule has 0 aromatic carbocycles. The Kier molecular flexibility index (Phi) is 65.1. The maximum Gasteiger partial charge on any atom is 0.306 e. The smallest absolute Gasteiger partial charge is 0.306 e. The Morgan fingerprint density at radius 1 is 0.256 bits per heavy atom. The van der Waals surface area contributed by atoms with Gasteiger partial charge in [0.05, 0.1) is 0 Å². The van der Waals surface area contributed by atoms with Gasteiger partial charge in [-0.3, -0.25) is 14.4 Å². The summed E-state index contributed by atoms with van der Waals surface area (Å²) < 4.78 is 17.0. The normalized spacial score (nSPS) is 12.2. The van der Waals surface area contributed by atoms with E-state index < -0.39 is 6.10 Å². The third-order valence-corrected chi connectivity index (χ3v) is 15.9. The van der Waals surface area contributed by atoms with Crippen molar-refractivity contribution in [3.8, 4) is 0 Å². The molecule has 0 saturated heterocycles. The second-order valence-electron chi connectivity index (χ2n) is 23.8. The van der Waals surface area contributed by atoms with Gasteiger partial charge in [0.2, 0.25) is 0 Å². The molecule has 0 rings (SSSR count). The lowest BCUT2D eigenvalue weighted by molar-refractivity contribution is -0.167. The van der Waals surface area contributed by atoms with E-state index in [1.807, 2.05) is 0 Å². The summed E-state index contributed by atoms with van der Waals surface area (Å²) in [6, 6.07) is 0. The first-order valence-electron chi connectivity index (χ1n) is 35.0. The number of carbonyl (C=O) groups excluding carboxylic acids is 3. The number of esters is 3. The van der Waals surface area contributed by atoms with Crippen molar-refractivity contribution in [2.75, 3.05) is 13.2 Å². The van der Waals surface area contributed by atoms with Gasteiger partial charge in [-0.2, -0.15) is 0 Å². The van der Waals surface area contributed by atoms with Gasteiger partial charge in [0.25, 0.3) is 0 Å². The third kappa shape index (κ3) is 64.5. The zero-order chi connectivity index (χ0) is 56.4. The quantitative estimate of drug-likeness (QED) is 0.0261. The van der Waals surface area contributed by atoms with Gasteiger partial charge in [0, 0.05) is 19.3 Å². The monoisotopic (exact) mass is 1100 g/mol. The van der Waals surface area contributed by atoms with E-state index in [9.17, 15) is 14.4 Å². The summed E-state index contributed by atoms with van der Waals surface area (Å²) in [4.78, 5) is 38.4. The average molecular weight is 1100 g/mol. The van der Waals surface area contributed by atoms with Crippen molar-refractivity contribution in [3.63, 3.8) is 0 Å². The maximum atomic E-state index is 12.9. The van der Waals surface area contributed by atoms with Crippen LogP contribution >= 0.6 is 0 Å². The highest BCUT2D eigenvalue weighted by Gasteiger charge is 2.19. The molecule has 1 unspecified atom stereocenters. The van der Waals surface area contributed by atoms with Crippen LogP contribution in [0.1, 0.15) is 387 Å². The highest BCUT2D eigenvalue weighted by molar-refractivity contribution is 5.71. The molecule has 0 heterocycles. The minimum absolute atomic E-state index is 0.0678. The highest BCUT2D eigenvalue weighted by atomic mass is 16.6. The highest BCUT2D eigenvalue weighted by Crippen LogP contribution is 2.18. The zero-order valence-electron chi connectivity index (χ0n) is 52.7. The lowest BCUT2D eigenvalue weighted by Gasteiger charge is -2.18. The largest absolute Gasteiger partial charge is 0.462 e. The minimum atomic E-state index is -0.772. The molecule has 0 bridgehead atoms. The van der Waals surface area contributed by atoms with Gasteiger partial charge in [-0.05, 0) is 77.0 Å². The fraction of sp³-hybridized carbons (Fsp3) is 0.875. The Balaban J connectivity index is 4.26. The summed E-state index contributed by atoms with van der Waals surface area (Å²) >= 11 is 0. The number of carbonyl (C=O) groups is 3.